The SMILES string of the molecule is O=C1CC(C(=O)N2CC=C(C(F)(F)F)CC2)CN1. The lowest BCUT2D eigenvalue weighted by atomic mass is 10.0. The molecule has 2 rings (SSSR count). The highest BCUT2D eigenvalue weighted by atomic mass is 19.4. The normalized spacial score (nSPS) is 24.8. The Morgan fingerprint density at radius 2 is 2.17 bits per heavy atom. The van der Waals surface area contributed by atoms with Gasteiger partial charge >= 0.3 is 6.18 Å². The quantitative estimate of drug-likeness (QED) is 0.712. The first kappa shape index (κ1) is 12.9. The average Bonchev–Trinajstić information content (AvgIpc) is 2.74. The minimum absolute atomic E-state index is 0.0294. The maximum atomic E-state index is 12.4. The Morgan fingerprint density at radius 1 is 1.44 bits per heavy atom. The van der Waals surface area contributed by atoms with Crippen LogP contribution in [-0.2, 0) is 9.59 Å². The van der Waals surface area contributed by atoms with E-state index in [1.165, 1.54) is 4.90 Å². The van der Waals surface area contributed by atoms with Gasteiger partial charge in [-0.05, 0) is 6.42 Å². The van der Waals surface area contributed by atoms with Crippen molar-refractivity contribution >= 4 is 11.8 Å². The Bertz CT molecular complexity index is 404. The van der Waals surface area contributed by atoms with Crippen LogP contribution in [0, 0.1) is 5.92 Å². The van der Waals surface area contributed by atoms with Gasteiger partial charge in [0.2, 0.25) is 11.8 Å². The molecule has 0 aromatic rings. The summed E-state index contributed by atoms with van der Waals surface area (Å²) >= 11 is 0. The second-order valence-electron chi connectivity index (χ2n) is 4.47. The largest absolute Gasteiger partial charge is 0.412 e. The molecule has 0 aromatic heterocycles. The molecule has 0 radical (unpaired) electrons. The molecule has 2 heterocycles. The van der Waals surface area contributed by atoms with Crippen LogP contribution >= 0.6 is 0 Å². The van der Waals surface area contributed by atoms with E-state index in [1.807, 2.05) is 0 Å². The number of hydrogen-bond donors (Lipinski definition) is 1. The minimum atomic E-state index is -4.31. The van der Waals surface area contributed by atoms with E-state index in [0.717, 1.165) is 6.08 Å². The minimum Gasteiger partial charge on any atom is -0.355 e. The molecule has 0 bridgehead atoms. The summed E-state index contributed by atoms with van der Waals surface area (Å²) in [6.45, 7) is 0.317. The van der Waals surface area contributed by atoms with E-state index in [-0.39, 0.29) is 44.3 Å². The number of nitrogens with one attached hydrogen (secondary N) is 1. The molecule has 18 heavy (non-hydrogen) atoms. The molecular formula is C11H13F3N2O2. The first-order valence-electron chi connectivity index (χ1n) is 5.69. The smallest absolute Gasteiger partial charge is 0.355 e. The molecule has 4 nitrogen and oxygen atoms in total. The summed E-state index contributed by atoms with van der Waals surface area (Å²) < 4.78 is 37.2. The van der Waals surface area contributed by atoms with Crippen molar-refractivity contribution in [2.75, 3.05) is 19.6 Å². The number of hydrogen-bond acceptors (Lipinski definition) is 2. The van der Waals surface area contributed by atoms with Gasteiger partial charge in [-0.3, -0.25) is 9.59 Å². The van der Waals surface area contributed by atoms with Crippen molar-refractivity contribution in [3.8, 4) is 0 Å². The van der Waals surface area contributed by atoms with E-state index in [1.54, 1.807) is 0 Å². The lowest BCUT2D eigenvalue weighted by Crippen LogP contribution is -2.40. The highest BCUT2D eigenvalue weighted by molar-refractivity contribution is 5.89. The number of amides is 2. The summed E-state index contributed by atoms with van der Waals surface area (Å²) in [5, 5.41) is 2.54. The third-order valence-electron chi connectivity index (χ3n) is 3.21. The van der Waals surface area contributed by atoms with Gasteiger partial charge in [-0.25, -0.2) is 0 Å². The highest BCUT2D eigenvalue weighted by Gasteiger charge is 2.37. The zero-order valence-electron chi connectivity index (χ0n) is 9.59. The molecule has 7 heteroatoms. The maximum Gasteiger partial charge on any atom is 0.412 e. The van der Waals surface area contributed by atoms with Crippen molar-refractivity contribution < 1.29 is 22.8 Å². The van der Waals surface area contributed by atoms with Crippen LogP contribution in [0.3, 0.4) is 0 Å². The average molecular weight is 262 g/mol. The predicted octanol–water partition coefficient (Wildman–Crippen LogP) is 0.843. The monoisotopic (exact) mass is 262 g/mol. The molecule has 0 aliphatic carbocycles. The second-order valence-corrected chi connectivity index (χ2v) is 4.47. The van der Waals surface area contributed by atoms with Crippen LogP contribution in [0.1, 0.15) is 12.8 Å². The van der Waals surface area contributed by atoms with Gasteiger partial charge in [-0.1, -0.05) is 6.08 Å². The van der Waals surface area contributed by atoms with E-state index < -0.39 is 17.7 Å². The highest BCUT2D eigenvalue weighted by Crippen LogP contribution is 2.30. The standard InChI is InChI=1S/C11H13F3N2O2/c12-11(13,14)8-1-3-16(4-2-8)10(18)7-5-9(17)15-6-7/h1,7H,2-6H2,(H,15,17). The third-order valence-corrected chi connectivity index (χ3v) is 3.21. The molecule has 2 aliphatic heterocycles. The summed E-state index contributed by atoms with van der Waals surface area (Å²) in [6.07, 6.45) is -3.31. The van der Waals surface area contributed by atoms with E-state index >= 15 is 0 Å². The number of nitrogens with zero attached hydrogens (tertiary/aromatic N) is 1. The number of carbonyl (C=O) groups excluding carboxylic acids is 2. The van der Waals surface area contributed by atoms with Crippen LogP contribution in [0.15, 0.2) is 11.6 Å². The lowest BCUT2D eigenvalue weighted by Gasteiger charge is -2.29. The summed E-state index contributed by atoms with van der Waals surface area (Å²) in [4.78, 5) is 24.3. The van der Waals surface area contributed by atoms with Crippen molar-refractivity contribution in [1.29, 1.82) is 0 Å². The molecule has 1 fully saturated rings. The topological polar surface area (TPSA) is 49.4 Å². The molecular weight excluding hydrogens is 249 g/mol. The summed E-state index contributed by atoms with van der Waals surface area (Å²) in [7, 11) is 0. The first-order chi connectivity index (χ1) is 8.38. The molecule has 1 atom stereocenters. The van der Waals surface area contributed by atoms with Crippen LogP contribution in [0.25, 0.3) is 0 Å². The van der Waals surface area contributed by atoms with Gasteiger partial charge in [0.25, 0.3) is 0 Å². The Morgan fingerprint density at radius 3 is 2.61 bits per heavy atom. The Balaban J connectivity index is 1.95. The van der Waals surface area contributed by atoms with Gasteiger partial charge in [0, 0.05) is 31.6 Å². The van der Waals surface area contributed by atoms with Gasteiger partial charge in [-0.2, -0.15) is 13.2 Å². The molecule has 2 amide bonds. The van der Waals surface area contributed by atoms with E-state index in [0.29, 0.717) is 0 Å². The maximum absolute atomic E-state index is 12.4. The van der Waals surface area contributed by atoms with Crippen LogP contribution in [-0.4, -0.2) is 42.5 Å². The van der Waals surface area contributed by atoms with Gasteiger partial charge in [-0.15, -0.1) is 0 Å². The summed E-state index contributed by atoms with van der Waals surface area (Å²) in [6, 6.07) is 0. The van der Waals surface area contributed by atoms with Crippen LogP contribution in [0.2, 0.25) is 0 Å². The Kier molecular flexibility index (Phi) is 3.32. The zero-order chi connectivity index (χ0) is 13.3. The lowest BCUT2D eigenvalue weighted by molar-refractivity contribution is -0.136. The van der Waals surface area contributed by atoms with Crippen molar-refractivity contribution in [3.63, 3.8) is 0 Å². The molecule has 2 aliphatic rings. The van der Waals surface area contributed by atoms with Gasteiger partial charge < -0.3 is 10.2 Å². The Labute approximate surface area is 102 Å². The molecule has 0 saturated carbocycles. The molecule has 1 saturated heterocycles. The molecule has 0 aromatic carbocycles. The fraction of sp³-hybridized carbons (Fsp3) is 0.636. The van der Waals surface area contributed by atoms with Gasteiger partial charge in [0.05, 0.1) is 5.92 Å². The van der Waals surface area contributed by atoms with Crippen molar-refractivity contribution in [1.82, 2.24) is 10.2 Å². The molecule has 0 spiro atoms. The number of halogens is 3. The molecule has 1 unspecified atom stereocenters. The summed E-state index contributed by atoms with van der Waals surface area (Å²) in [5.41, 5.74) is -0.577. The van der Waals surface area contributed by atoms with E-state index in [4.69, 9.17) is 0 Å². The number of alkyl halides is 3. The second kappa shape index (κ2) is 4.62. The third kappa shape index (κ3) is 2.65. The van der Waals surface area contributed by atoms with Crippen molar-refractivity contribution in [2.45, 2.75) is 19.0 Å². The van der Waals surface area contributed by atoms with Crippen molar-refractivity contribution in [2.24, 2.45) is 5.92 Å². The zero-order valence-corrected chi connectivity index (χ0v) is 9.59. The first-order valence-corrected chi connectivity index (χ1v) is 5.69. The summed E-state index contributed by atoms with van der Waals surface area (Å²) in [5.74, 6) is -0.860. The van der Waals surface area contributed by atoms with E-state index in [9.17, 15) is 22.8 Å². The Hall–Kier alpha value is -1.53. The van der Waals surface area contributed by atoms with Crippen LogP contribution in [0.5, 0.6) is 0 Å². The van der Waals surface area contributed by atoms with Crippen LogP contribution in [0.4, 0.5) is 13.2 Å². The predicted molar refractivity (Wildman–Crippen MR) is 56.5 cm³/mol. The van der Waals surface area contributed by atoms with Gasteiger partial charge in [0.1, 0.15) is 0 Å². The fourth-order valence-corrected chi connectivity index (χ4v) is 2.16. The number of rotatable bonds is 1. The van der Waals surface area contributed by atoms with E-state index in [2.05, 4.69) is 5.32 Å². The number of carbonyl (C=O) groups is 2. The molecule has 100 valence electrons. The van der Waals surface area contributed by atoms with Crippen LogP contribution < -0.4 is 5.32 Å². The van der Waals surface area contributed by atoms with Gasteiger partial charge in [0.15, 0.2) is 0 Å². The van der Waals surface area contributed by atoms with Crippen molar-refractivity contribution in [3.05, 3.63) is 11.6 Å². The fourth-order valence-electron chi connectivity index (χ4n) is 2.16. The molecule has 1 N–H and O–H groups in total.